The summed E-state index contributed by atoms with van der Waals surface area (Å²) >= 11 is 0. The van der Waals surface area contributed by atoms with Crippen LogP contribution in [-0.2, 0) is 11.2 Å². The molecule has 1 aliphatic rings. The number of aromatic nitrogens is 2. The Balaban J connectivity index is 1.90. The third-order valence-corrected chi connectivity index (χ3v) is 4.53. The van der Waals surface area contributed by atoms with Crippen molar-refractivity contribution < 1.29 is 9.59 Å². The summed E-state index contributed by atoms with van der Waals surface area (Å²) in [5.74, 6) is -0.146. The molecule has 0 radical (unpaired) electrons. The highest BCUT2D eigenvalue weighted by molar-refractivity contribution is 6.03. The van der Waals surface area contributed by atoms with E-state index in [0.717, 1.165) is 27.8 Å². The normalized spacial score (nSPS) is 13.2. The number of hydrogen-bond donors (Lipinski definition) is 1. The van der Waals surface area contributed by atoms with Crippen LogP contribution >= 0.6 is 0 Å². The van der Waals surface area contributed by atoms with Crippen LogP contribution in [0.4, 0.5) is 5.69 Å². The SMILES string of the molecule is CNC(=O)c1ccc2cncc(-c3ccc4c(c3)N(C)C(=O)C4)c2n1. The van der Waals surface area contributed by atoms with Gasteiger partial charge in [-0.3, -0.25) is 14.6 Å². The van der Waals surface area contributed by atoms with Crippen LogP contribution in [0.25, 0.3) is 22.0 Å². The lowest BCUT2D eigenvalue weighted by Crippen LogP contribution is -2.20. The van der Waals surface area contributed by atoms with Crippen LogP contribution in [0.5, 0.6) is 0 Å². The third kappa shape index (κ3) is 2.42. The van der Waals surface area contributed by atoms with E-state index >= 15 is 0 Å². The number of nitrogens with zero attached hydrogens (tertiary/aromatic N) is 3. The summed E-state index contributed by atoms with van der Waals surface area (Å²) in [7, 11) is 3.36. The number of nitrogens with one attached hydrogen (secondary N) is 1. The van der Waals surface area contributed by atoms with Gasteiger partial charge in [0.1, 0.15) is 5.69 Å². The van der Waals surface area contributed by atoms with Crippen LogP contribution in [0, 0.1) is 0 Å². The van der Waals surface area contributed by atoms with Crippen LogP contribution in [0.1, 0.15) is 16.1 Å². The minimum Gasteiger partial charge on any atom is -0.354 e. The topological polar surface area (TPSA) is 75.2 Å². The molecular weight excluding hydrogens is 316 g/mol. The van der Waals surface area contributed by atoms with Crippen molar-refractivity contribution in [3.63, 3.8) is 0 Å². The van der Waals surface area contributed by atoms with Crippen LogP contribution in [0.3, 0.4) is 0 Å². The van der Waals surface area contributed by atoms with Crippen molar-refractivity contribution >= 4 is 28.4 Å². The lowest BCUT2D eigenvalue weighted by molar-refractivity contribution is -0.117. The summed E-state index contributed by atoms with van der Waals surface area (Å²) in [6.07, 6.45) is 3.89. The van der Waals surface area contributed by atoms with Crippen molar-refractivity contribution in [3.8, 4) is 11.1 Å². The molecule has 3 heterocycles. The first-order valence-corrected chi connectivity index (χ1v) is 7.95. The molecule has 1 aromatic carbocycles. The number of amides is 2. The molecule has 0 fully saturated rings. The van der Waals surface area contributed by atoms with Gasteiger partial charge in [-0.15, -0.1) is 0 Å². The molecule has 0 bridgehead atoms. The molecule has 3 aromatic rings. The van der Waals surface area contributed by atoms with Crippen molar-refractivity contribution in [2.24, 2.45) is 0 Å². The second kappa shape index (κ2) is 5.66. The van der Waals surface area contributed by atoms with Crippen LogP contribution < -0.4 is 10.2 Å². The molecule has 6 heteroatoms. The number of carbonyl (C=O) groups is 2. The summed E-state index contributed by atoms with van der Waals surface area (Å²) in [6, 6.07) is 9.43. The fraction of sp³-hybridized carbons (Fsp3) is 0.158. The highest BCUT2D eigenvalue weighted by Gasteiger charge is 2.24. The first kappa shape index (κ1) is 15.3. The van der Waals surface area contributed by atoms with E-state index in [0.29, 0.717) is 17.6 Å². The smallest absolute Gasteiger partial charge is 0.269 e. The van der Waals surface area contributed by atoms with Gasteiger partial charge < -0.3 is 10.2 Å². The van der Waals surface area contributed by atoms with Gasteiger partial charge >= 0.3 is 0 Å². The van der Waals surface area contributed by atoms with Gasteiger partial charge in [-0.2, -0.15) is 0 Å². The van der Waals surface area contributed by atoms with E-state index in [9.17, 15) is 9.59 Å². The van der Waals surface area contributed by atoms with Crippen molar-refractivity contribution in [2.45, 2.75) is 6.42 Å². The number of hydrogen-bond acceptors (Lipinski definition) is 4. The number of benzene rings is 1. The molecule has 0 spiro atoms. The Hall–Kier alpha value is -3.28. The predicted octanol–water partition coefficient (Wildman–Crippen LogP) is 2.18. The second-order valence-electron chi connectivity index (χ2n) is 6.01. The molecule has 0 saturated heterocycles. The molecule has 1 N–H and O–H groups in total. The molecule has 25 heavy (non-hydrogen) atoms. The molecule has 0 saturated carbocycles. The molecule has 4 rings (SSSR count). The van der Waals surface area contributed by atoms with Crippen molar-refractivity contribution in [2.75, 3.05) is 19.0 Å². The van der Waals surface area contributed by atoms with Crippen LogP contribution in [0.2, 0.25) is 0 Å². The Morgan fingerprint density at radius 1 is 1.20 bits per heavy atom. The zero-order valence-corrected chi connectivity index (χ0v) is 13.9. The Labute approximate surface area is 144 Å². The molecule has 1 aliphatic heterocycles. The average molecular weight is 332 g/mol. The fourth-order valence-electron chi connectivity index (χ4n) is 3.12. The van der Waals surface area contributed by atoms with E-state index in [2.05, 4.69) is 15.3 Å². The lowest BCUT2D eigenvalue weighted by Gasteiger charge is -2.12. The van der Waals surface area contributed by atoms with Crippen molar-refractivity contribution in [1.29, 1.82) is 0 Å². The highest BCUT2D eigenvalue weighted by atomic mass is 16.2. The maximum Gasteiger partial charge on any atom is 0.269 e. The van der Waals surface area contributed by atoms with Crippen LogP contribution in [0.15, 0.2) is 42.7 Å². The number of anilines is 1. The third-order valence-electron chi connectivity index (χ3n) is 4.53. The molecule has 0 aliphatic carbocycles. The van der Waals surface area contributed by atoms with Crippen molar-refractivity contribution in [3.05, 3.63) is 54.0 Å². The Morgan fingerprint density at radius 2 is 2.04 bits per heavy atom. The Kier molecular flexibility index (Phi) is 3.46. The number of carbonyl (C=O) groups excluding carboxylic acids is 2. The number of fused-ring (bicyclic) bond motifs is 2. The van der Waals surface area contributed by atoms with Gasteiger partial charge in [0.25, 0.3) is 5.91 Å². The first-order valence-electron chi connectivity index (χ1n) is 7.95. The number of pyridine rings is 2. The minimum atomic E-state index is -0.232. The van der Waals surface area contributed by atoms with E-state index in [1.165, 1.54) is 0 Å². The van der Waals surface area contributed by atoms with E-state index < -0.39 is 0 Å². The molecular formula is C19H16N4O2. The highest BCUT2D eigenvalue weighted by Crippen LogP contribution is 2.34. The summed E-state index contributed by atoms with van der Waals surface area (Å²) in [6.45, 7) is 0. The molecule has 124 valence electrons. The van der Waals surface area contributed by atoms with Gasteiger partial charge in [0, 0.05) is 43.1 Å². The Morgan fingerprint density at radius 3 is 2.84 bits per heavy atom. The molecule has 0 unspecified atom stereocenters. The van der Waals surface area contributed by atoms with Crippen LogP contribution in [-0.4, -0.2) is 35.9 Å². The van der Waals surface area contributed by atoms with E-state index in [-0.39, 0.29) is 11.8 Å². The molecule has 2 aromatic heterocycles. The monoisotopic (exact) mass is 332 g/mol. The summed E-state index contributed by atoms with van der Waals surface area (Å²) < 4.78 is 0. The van der Waals surface area contributed by atoms with Gasteiger partial charge in [-0.1, -0.05) is 12.1 Å². The van der Waals surface area contributed by atoms with Gasteiger partial charge in [-0.05, 0) is 29.3 Å². The Bertz CT molecular complexity index is 1030. The zero-order valence-electron chi connectivity index (χ0n) is 13.9. The second-order valence-corrected chi connectivity index (χ2v) is 6.01. The first-order chi connectivity index (χ1) is 12.1. The van der Waals surface area contributed by atoms with E-state index in [4.69, 9.17) is 0 Å². The van der Waals surface area contributed by atoms with Gasteiger partial charge in [-0.25, -0.2) is 4.98 Å². The quantitative estimate of drug-likeness (QED) is 0.780. The zero-order chi connectivity index (χ0) is 17.6. The summed E-state index contributed by atoms with van der Waals surface area (Å²) in [4.78, 5) is 34.3. The van der Waals surface area contributed by atoms with Gasteiger partial charge in [0.2, 0.25) is 5.91 Å². The van der Waals surface area contributed by atoms with E-state index in [1.807, 2.05) is 24.3 Å². The molecule has 6 nitrogen and oxygen atoms in total. The van der Waals surface area contributed by atoms with Gasteiger partial charge in [0.15, 0.2) is 0 Å². The maximum atomic E-state index is 11.9. The standard InChI is InChI=1S/C19H16N4O2/c1-20-19(25)15-6-5-13-9-21-10-14(18(13)22-15)11-3-4-12-8-17(24)23(2)16(12)7-11/h3-7,9-10H,8H2,1-2H3,(H,20,25). The maximum absolute atomic E-state index is 11.9. The lowest BCUT2D eigenvalue weighted by atomic mass is 10.0. The molecule has 0 atom stereocenters. The minimum absolute atomic E-state index is 0.0863. The largest absolute Gasteiger partial charge is 0.354 e. The molecule has 2 amide bonds. The van der Waals surface area contributed by atoms with E-state index in [1.54, 1.807) is 37.5 Å². The number of rotatable bonds is 2. The summed E-state index contributed by atoms with van der Waals surface area (Å²) in [5.41, 5.74) is 4.74. The predicted molar refractivity (Wildman–Crippen MR) is 95.5 cm³/mol. The van der Waals surface area contributed by atoms with Gasteiger partial charge in [0.05, 0.1) is 11.9 Å². The average Bonchev–Trinajstić information content (AvgIpc) is 2.93. The number of likely N-dealkylation sites (N-methyl/N-ethyl adjacent to an activating group) is 1. The van der Waals surface area contributed by atoms with Crippen molar-refractivity contribution in [1.82, 2.24) is 15.3 Å². The fourth-order valence-corrected chi connectivity index (χ4v) is 3.12. The summed E-state index contributed by atoms with van der Waals surface area (Å²) in [5, 5.41) is 3.45.